The molecule has 0 radical (unpaired) electrons. The lowest BCUT2D eigenvalue weighted by Gasteiger charge is -2.38. The quantitative estimate of drug-likeness (QED) is 0.302. The number of rotatable bonds is 11. The highest BCUT2D eigenvalue weighted by atomic mass is 19.1. The van der Waals surface area contributed by atoms with Crippen LogP contribution in [0.5, 0.6) is 0 Å². The summed E-state index contributed by atoms with van der Waals surface area (Å²) in [6.07, 6.45) is 17.4. The number of ether oxygens (including phenoxy) is 1. The highest BCUT2D eigenvalue weighted by Gasteiger charge is 2.30. The summed E-state index contributed by atoms with van der Waals surface area (Å²) in [5.41, 5.74) is 5.01. The number of methoxy groups -OCH3 is 1. The maximum Gasteiger partial charge on any atom is 0.0934 e. The molecule has 1 nitrogen and oxygen atoms in total. The van der Waals surface area contributed by atoms with Gasteiger partial charge in [-0.15, -0.1) is 0 Å². The van der Waals surface area contributed by atoms with E-state index in [9.17, 15) is 4.39 Å². The van der Waals surface area contributed by atoms with E-state index in [1.165, 1.54) is 93.7 Å². The highest BCUT2D eigenvalue weighted by molar-refractivity contribution is 5.64. The molecular formula is C32H45FO. The van der Waals surface area contributed by atoms with Gasteiger partial charge < -0.3 is 4.74 Å². The van der Waals surface area contributed by atoms with Crippen LogP contribution in [0.3, 0.4) is 0 Å². The molecule has 2 aromatic rings. The first-order valence-electron chi connectivity index (χ1n) is 14.0. The first kappa shape index (κ1) is 25.4. The van der Waals surface area contributed by atoms with Gasteiger partial charge in [0.05, 0.1) is 6.67 Å². The minimum Gasteiger partial charge on any atom is -0.385 e. The van der Waals surface area contributed by atoms with E-state index in [2.05, 4.69) is 36.4 Å². The molecule has 0 N–H and O–H groups in total. The number of halogens is 1. The molecule has 34 heavy (non-hydrogen) atoms. The Labute approximate surface area is 207 Å². The van der Waals surface area contributed by atoms with Crippen molar-refractivity contribution in [2.75, 3.05) is 20.4 Å². The van der Waals surface area contributed by atoms with Crippen LogP contribution < -0.4 is 0 Å². The molecule has 0 bridgehead atoms. The van der Waals surface area contributed by atoms with E-state index in [0.29, 0.717) is 6.42 Å². The van der Waals surface area contributed by atoms with Gasteiger partial charge in [-0.05, 0) is 97.3 Å². The van der Waals surface area contributed by atoms with E-state index in [-0.39, 0.29) is 6.67 Å². The number of hydrogen-bond donors (Lipinski definition) is 0. The monoisotopic (exact) mass is 464 g/mol. The van der Waals surface area contributed by atoms with Gasteiger partial charge in [0, 0.05) is 20.1 Å². The zero-order valence-electron chi connectivity index (χ0n) is 21.3. The average molecular weight is 465 g/mol. The molecule has 0 aliphatic heterocycles. The van der Waals surface area contributed by atoms with E-state index < -0.39 is 0 Å². The minimum atomic E-state index is -0.285. The predicted molar refractivity (Wildman–Crippen MR) is 142 cm³/mol. The van der Waals surface area contributed by atoms with Crippen molar-refractivity contribution in [3.63, 3.8) is 0 Å². The van der Waals surface area contributed by atoms with Crippen molar-refractivity contribution in [1.82, 2.24) is 0 Å². The smallest absolute Gasteiger partial charge is 0.0934 e. The molecule has 2 aliphatic carbocycles. The fourth-order valence-corrected chi connectivity index (χ4v) is 6.62. The average Bonchev–Trinajstić information content (AvgIpc) is 2.89. The van der Waals surface area contributed by atoms with Crippen molar-refractivity contribution >= 4 is 0 Å². The van der Waals surface area contributed by atoms with E-state index in [1.807, 2.05) is 19.2 Å². The van der Waals surface area contributed by atoms with Crippen LogP contribution in [0.4, 0.5) is 4.39 Å². The van der Waals surface area contributed by atoms with Gasteiger partial charge in [0.2, 0.25) is 0 Å². The fraction of sp³-hybridized carbons (Fsp3) is 0.625. The van der Waals surface area contributed by atoms with Crippen molar-refractivity contribution in [1.29, 1.82) is 0 Å². The Morgan fingerprint density at radius 2 is 1.12 bits per heavy atom. The molecule has 2 heteroatoms. The molecule has 0 spiro atoms. The SMILES string of the molecule is COCCC[C@H]1CC[C@H](C2CCC(CCc3ccc(-c4ccc(CCF)cc4)cc3)CC2)CC1. The van der Waals surface area contributed by atoms with Gasteiger partial charge in [-0.25, -0.2) is 0 Å². The largest absolute Gasteiger partial charge is 0.385 e. The van der Waals surface area contributed by atoms with Gasteiger partial charge in [-0.3, -0.25) is 4.39 Å². The molecule has 2 fully saturated rings. The molecule has 186 valence electrons. The lowest BCUT2D eigenvalue weighted by molar-refractivity contribution is 0.133. The summed E-state index contributed by atoms with van der Waals surface area (Å²) < 4.78 is 17.7. The Kier molecular flexibility index (Phi) is 10.0. The van der Waals surface area contributed by atoms with Crippen LogP contribution >= 0.6 is 0 Å². The summed E-state index contributed by atoms with van der Waals surface area (Å²) in [7, 11) is 1.82. The van der Waals surface area contributed by atoms with Crippen LogP contribution in [0.15, 0.2) is 48.5 Å². The third kappa shape index (κ3) is 7.41. The van der Waals surface area contributed by atoms with Crippen LogP contribution in [0.2, 0.25) is 0 Å². The van der Waals surface area contributed by atoms with Crippen molar-refractivity contribution in [2.45, 2.75) is 83.5 Å². The summed E-state index contributed by atoms with van der Waals surface area (Å²) in [6, 6.07) is 17.5. The maximum atomic E-state index is 12.5. The van der Waals surface area contributed by atoms with Gasteiger partial charge in [0.1, 0.15) is 0 Å². The molecule has 0 unspecified atom stereocenters. The van der Waals surface area contributed by atoms with E-state index in [1.54, 1.807) is 0 Å². The van der Waals surface area contributed by atoms with Crippen LogP contribution in [0.25, 0.3) is 11.1 Å². The second kappa shape index (κ2) is 13.4. The van der Waals surface area contributed by atoms with Gasteiger partial charge in [0.15, 0.2) is 0 Å². The summed E-state index contributed by atoms with van der Waals surface area (Å²) in [5, 5.41) is 0. The zero-order chi connectivity index (χ0) is 23.6. The second-order valence-electron chi connectivity index (χ2n) is 11.1. The Morgan fingerprint density at radius 3 is 1.59 bits per heavy atom. The van der Waals surface area contributed by atoms with Crippen molar-refractivity contribution in [3.8, 4) is 11.1 Å². The lowest BCUT2D eigenvalue weighted by atomic mass is 9.68. The van der Waals surface area contributed by atoms with Gasteiger partial charge >= 0.3 is 0 Å². The fourth-order valence-electron chi connectivity index (χ4n) is 6.62. The summed E-state index contributed by atoms with van der Waals surface area (Å²) in [4.78, 5) is 0. The Morgan fingerprint density at radius 1 is 0.647 bits per heavy atom. The summed E-state index contributed by atoms with van der Waals surface area (Å²) in [6.45, 7) is 0.650. The lowest BCUT2D eigenvalue weighted by Crippen LogP contribution is -2.26. The first-order valence-corrected chi connectivity index (χ1v) is 14.0. The van der Waals surface area contributed by atoms with Gasteiger partial charge in [-0.2, -0.15) is 0 Å². The topological polar surface area (TPSA) is 9.23 Å². The molecule has 4 rings (SSSR count). The minimum absolute atomic E-state index is 0.285. The molecule has 0 heterocycles. The van der Waals surface area contributed by atoms with E-state index >= 15 is 0 Å². The van der Waals surface area contributed by atoms with Crippen LogP contribution in [0, 0.1) is 23.7 Å². The van der Waals surface area contributed by atoms with E-state index in [0.717, 1.165) is 35.8 Å². The highest BCUT2D eigenvalue weighted by Crippen LogP contribution is 2.43. The van der Waals surface area contributed by atoms with Crippen molar-refractivity contribution < 1.29 is 9.13 Å². The van der Waals surface area contributed by atoms with Gasteiger partial charge in [0.25, 0.3) is 0 Å². The standard InChI is InChI=1S/C32H45FO/c1-34-24-2-3-25-6-14-29(15-7-25)30-16-8-26(9-17-30)4-5-27-10-18-31(19-11-27)32-20-12-28(13-21-32)22-23-33/h10-13,18-21,25-26,29-30H,2-9,14-17,22-24H2,1H3/t25-,26?,29-,30?. The molecule has 0 atom stereocenters. The molecule has 0 saturated heterocycles. The molecule has 2 saturated carbocycles. The summed E-state index contributed by atoms with van der Waals surface area (Å²) >= 11 is 0. The third-order valence-corrected chi connectivity index (χ3v) is 8.88. The third-order valence-electron chi connectivity index (χ3n) is 8.88. The van der Waals surface area contributed by atoms with Gasteiger partial charge in [-0.1, -0.05) is 74.2 Å². The first-order chi connectivity index (χ1) is 16.7. The second-order valence-corrected chi connectivity index (χ2v) is 11.1. The molecule has 2 aliphatic rings. The normalized spacial score (nSPS) is 25.4. The van der Waals surface area contributed by atoms with Crippen molar-refractivity contribution in [2.24, 2.45) is 23.7 Å². The number of aryl methyl sites for hydroxylation is 2. The number of benzene rings is 2. The molecular weight excluding hydrogens is 419 g/mol. The molecule has 0 amide bonds. The van der Waals surface area contributed by atoms with Crippen LogP contribution in [0.1, 0.15) is 81.8 Å². The maximum absolute atomic E-state index is 12.5. The number of hydrogen-bond acceptors (Lipinski definition) is 1. The Hall–Kier alpha value is -1.67. The predicted octanol–water partition coefficient (Wildman–Crippen LogP) is 8.84. The van der Waals surface area contributed by atoms with Crippen LogP contribution in [-0.2, 0) is 17.6 Å². The number of alkyl halides is 1. The van der Waals surface area contributed by atoms with E-state index in [4.69, 9.17) is 4.74 Å². The summed E-state index contributed by atoms with van der Waals surface area (Å²) in [5.74, 6) is 3.91. The zero-order valence-corrected chi connectivity index (χ0v) is 21.3. The Bertz CT molecular complexity index is 811. The van der Waals surface area contributed by atoms with Crippen molar-refractivity contribution in [3.05, 3.63) is 59.7 Å². The molecule has 2 aromatic carbocycles. The molecule has 0 aromatic heterocycles. The van der Waals surface area contributed by atoms with Crippen LogP contribution in [-0.4, -0.2) is 20.4 Å². The Balaban J connectivity index is 1.15.